The third-order valence-electron chi connectivity index (χ3n) is 18.8. The quantitative estimate of drug-likeness (QED) is 0.184. The Morgan fingerprint density at radius 2 is 0.696 bits per heavy atom. The topological polar surface area (TPSA) is 133 Å². The summed E-state index contributed by atoms with van der Waals surface area (Å²) in [6.07, 6.45) is 24.0. The van der Waals surface area contributed by atoms with E-state index in [1.807, 2.05) is 30.3 Å². The average Bonchev–Trinajstić information content (AvgIpc) is 1.57. The van der Waals surface area contributed by atoms with Crippen molar-refractivity contribution >= 4 is 141 Å². The molecule has 0 fully saturated rings. The van der Waals surface area contributed by atoms with Gasteiger partial charge in [-0.15, -0.1) is 0 Å². The Balaban J connectivity index is 0.000000112. The van der Waals surface area contributed by atoms with Crippen molar-refractivity contribution in [2.75, 3.05) is 28.2 Å². The van der Waals surface area contributed by atoms with Crippen LogP contribution in [0, 0.1) is 27.7 Å². The summed E-state index contributed by atoms with van der Waals surface area (Å²) in [7, 11) is 16.8. The minimum atomic E-state index is 0.183. The smallest absolute Gasteiger partial charge is 0.399 e. The summed E-state index contributed by atoms with van der Waals surface area (Å²) < 4.78 is 32.5. The largest absolute Gasteiger partial charge is 0.436 e. The van der Waals surface area contributed by atoms with Gasteiger partial charge in [0, 0.05) is 127 Å². The van der Waals surface area contributed by atoms with Gasteiger partial charge in [-0.05, 0) is 161 Å². The molecule has 0 radical (unpaired) electrons. The number of hydrogen-bond donors (Lipinski definition) is 0. The average molecular weight is 1220 g/mol. The molecule has 16 rings (SSSR count). The molecule has 16 heterocycles. The number of pyridine rings is 8. The second-order valence-corrected chi connectivity index (χ2v) is 25.2. The van der Waals surface area contributed by atoms with Gasteiger partial charge >= 0.3 is 27.4 Å². The highest BCUT2D eigenvalue weighted by Gasteiger charge is 2.39. The number of rotatable bonds is 4. The predicted molar refractivity (Wildman–Crippen MR) is 369 cm³/mol. The van der Waals surface area contributed by atoms with Crippen LogP contribution in [-0.4, -0.2) is 94.8 Å². The Morgan fingerprint density at radius 1 is 0.337 bits per heavy atom. The lowest BCUT2D eigenvalue weighted by Gasteiger charge is -2.24. The molecule has 0 saturated heterocycles. The van der Waals surface area contributed by atoms with Gasteiger partial charge < -0.3 is 36.9 Å². The number of nitrogens with zero attached hydrogens (tertiary/aromatic N) is 12. The van der Waals surface area contributed by atoms with Gasteiger partial charge in [0.25, 0.3) is 0 Å². The molecule has 0 amide bonds. The minimum Gasteiger partial charge on any atom is -0.436 e. The summed E-state index contributed by atoms with van der Waals surface area (Å²) in [5.41, 5.74) is 21.8. The Morgan fingerprint density at radius 3 is 1.09 bits per heavy atom. The SMILES string of the molecule is CC1=c2c(oc3ncccc23)=CN(C)B1c1cc(C)c(C)c[n+]1C.CC1=c2c(oc3ncccc23)=CN(C)B1c1cc(C)cc[n+]1C.CC1=c2c(oc3ncccc23)=CN(C)B1c1ccc(C)c[n+]1C.CC1=c2c(oc3ncccc23)=CN(C)B1c1cccc[n+]1C. The van der Waals surface area contributed by atoms with Crippen molar-refractivity contribution in [2.24, 2.45) is 28.2 Å². The molecule has 0 unspecified atom stereocenters. The van der Waals surface area contributed by atoms with Crippen LogP contribution in [-0.2, 0) is 28.2 Å². The van der Waals surface area contributed by atoms with Gasteiger partial charge in [0.15, 0.2) is 68.8 Å². The Hall–Kier alpha value is -10.2. The summed E-state index contributed by atoms with van der Waals surface area (Å²) >= 11 is 0. The Labute approximate surface area is 536 Å². The van der Waals surface area contributed by atoms with Crippen molar-refractivity contribution in [1.29, 1.82) is 0 Å². The van der Waals surface area contributed by atoms with E-state index in [-0.39, 0.29) is 27.4 Å². The number of aromatic nitrogens is 8. The fourth-order valence-corrected chi connectivity index (χ4v) is 14.3. The monoisotopic (exact) mass is 1220 g/mol. The van der Waals surface area contributed by atoms with Crippen LogP contribution in [0.4, 0.5) is 0 Å². The molecule has 0 atom stereocenters. The fraction of sp³-hybridized carbons (Fsp3) is 0.222. The van der Waals surface area contributed by atoms with Crippen molar-refractivity contribution in [3.05, 3.63) is 211 Å². The molecule has 0 spiro atoms. The van der Waals surface area contributed by atoms with Gasteiger partial charge in [-0.3, -0.25) is 0 Å². The van der Waals surface area contributed by atoms with Crippen molar-refractivity contribution in [3.8, 4) is 0 Å². The molecule has 20 heteroatoms. The molecule has 12 aromatic rings. The number of fused-ring (bicyclic) bond motifs is 12. The van der Waals surface area contributed by atoms with Crippen LogP contribution in [0.15, 0.2) is 164 Å². The molecule has 92 heavy (non-hydrogen) atoms. The molecule has 0 aliphatic carbocycles. The van der Waals surface area contributed by atoms with Crippen molar-refractivity contribution in [2.45, 2.75) is 55.4 Å². The first-order valence-corrected chi connectivity index (χ1v) is 31.2. The summed E-state index contributed by atoms with van der Waals surface area (Å²) in [6.45, 7) is 18.1. The molecule has 456 valence electrons. The third kappa shape index (κ3) is 10.7. The van der Waals surface area contributed by atoms with Gasteiger partial charge in [-0.1, -0.05) is 28.0 Å². The number of furan rings is 4. The maximum absolute atomic E-state index is 5.95. The summed E-state index contributed by atoms with van der Waals surface area (Å²) in [6, 6.07) is 33.5. The second kappa shape index (κ2) is 24.2. The first kappa shape index (κ1) is 60.7. The highest BCUT2D eigenvalue weighted by molar-refractivity contribution is 6.87. The van der Waals surface area contributed by atoms with Crippen molar-refractivity contribution < 1.29 is 35.9 Å². The zero-order valence-electron chi connectivity index (χ0n) is 55.5. The zero-order chi connectivity index (χ0) is 64.5. The first-order chi connectivity index (χ1) is 44.3. The number of aryl methyl sites for hydroxylation is 8. The Kier molecular flexibility index (Phi) is 16.0. The lowest BCUT2D eigenvalue weighted by atomic mass is 9.50. The van der Waals surface area contributed by atoms with Crippen LogP contribution in [0.5, 0.6) is 0 Å². The van der Waals surface area contributed by atoms with Gasteiger partial charge in [0.2, 0.25) is 22.9 Å². The maximum atomic E-state index is 5.95. The van der Waals surface area contributed by atoms with Gasteiger partial charge in [-0.2, -0.15) is 0 Å². The van der Waals surface area contributed by atoms with Crippen LogP contribution in [0.25, 0.3) is 91.1 Å². The lowest BCUT2D eigenvalue weighted by molar-refractivity contribution is -0.654. The Bertz CT molecular complexity index is 5510. The van der Waals surface area contributed by atoms with Crippen LogP contribution in [0.2, 0.25) is 0 Å². The standard InChI is InChI=1S/C19H21BN3O.2C18H19BN3O.C17H17BN3O/c1-12-9-17(22(4)10-13(12)2)20-14(3)18-15-7-6-8-21-19(15)24-16(18)11-23(20)5;1-12-7-8-16(21(3)10-12)19-13(2)17-14-6-5-9-20-18(14)23-15(17)11-22(19)4;1-12-7-9-21(3)16(10-12)19-13(2)17-14-6-5-8-20-18(14)23-15(17)11-22(19)4;1-12-16-13-7-6-9-19-17(13)22-14(16)11-21(3)18(12)15-8-4-5-10-20(15)2/h6-11H,1-5H3;2*5-11H,1-4H3;4-11H,1-3H3/q4*+1. The van der Waals surface area contributed by atoms with E-state index >= 15 is 0 Å². The summed E-state index contributed by atoms with van der Waals surface area (Å²) in [5.74, 6) is 0. The van der Waals surface area contributed by atoms with E-state index in [1.54, 1.807) is 24.8 Å². The van der Waals surface area contributed by atoms with Crippen LogP contribution in [0.3, 0.4) is 0 Å². The van der Waals surface area contributed by atoms with E-state index in [1.165, 1.54) is 87.4 Å². The normalized spacial score (nSPS) is 14.2. The molecule has 0 saturated carbocycles. The molecular formula is C72H76B4N12O4+4. The lowest BCUT2D eigenvalue weighted by Crippen LogP contribution is -2.62. The van der Waals surface area contributed by atoms with Gasteiger partial charge in [0.1, 0.15) is 28.2 Å². The summed E-state index contributed by atoms with van der Waals surface area (Å²) in [5, 5.41) is 9.06. The molecule has 0 bridgehead atoms. The van der Waals surface area contributed by atoms with Crippen molar-refractivity contribution in [1.82, 2.24) is 39.2 Å². The fourth-order valence-electron chi connectivity index (χ4n) is 14.3. The predicted octanol–water partition coefficient (Wildman–Crippen LogP) is 1.01. The number of hydrogen-bond acceptors (Lipinski definition) is 12. The minimum absolute atomic E-state index is 0.183. The van der Waals surface area contributed by atoms with Crippen LogP contribution >= 0.6 is 0 Å². The third-order valence-corrected chi connectivity index (χ3v) is 18.8. The van der Waals surface area contributed by atoms with Crippen LogP contribution < -0.4 is 83.2 Å². The summed E-state index contributed by atoms with van der Waals surface area (Å²) in [4.78, 5) is 26.3. The van der Waals surface area contributed by atoms with Gasteiger partial charge in [-0.25, -0.2) is 38.2 Å². The second-order valence-electron chi connectivity index (χ2n) is 25.2. The van der Waals surface area contributed by atoms with E-state index in [9.17, 15) is 0 Å². The molecule has 12 aromatic heterocycles. The molecule has 0 aromatic carbocycles. The van der Waals surface area contributed by atoms with E-state index in [2.05, 4.69) is 286 Å². The highest BCUT2D eigenvalue weighted by Crippen LogP contribution is 2.18. The molecule has 4 aliphatic rings. The molecular weight excluding hydrogens is 1140 g/mol. The molecule has 16 nitrogen and oxygen atoms in total. The van der Waals surface area contributed by atoms with E-state index < -0.39 is 0 Å². The maximum Gasteiger partial charge on any atom is 0.399 e. The molecule has 4 aliphatic heterocycles. The molecule has 0 N–H and O–H groups in total. The van der Waals surface area contributed by atoms with E-state index in [0.717, 1.165) is 43.2 Å². The van der Waals surface area contributed by atoms with Crippen LogP contribution in [0.1, 0.15) is 49.9 Å². The van der Waals surface area contributed by atoms with E-state index in [0.29, 0.717) is 22.9 Å². The first-order valence-electron chi connectivity index (χ1n) is 31.2. The highest BCUT2D eigenvalue weighted by atomic mass is 16.3. The van der Waals surface area contributed by atoms with E-state index in [4.69, 9.17) is 17.7 Å². The van der Waals surface area contributed by atoms with Gasteiger partial charge in [0.05, 0.1) is 0 Å². The zero-order valence-corrected chi connectivity index (χ0v) is 55.5. The van der Waals surface area contributed by atoms with Crippen molar-refractivity contribution in [3.63, 3.8) is 0 Å².